The fraction of sp³-hybridized carbons (Fsp3) is 0.462. The molecule has 1 N–H and O–H groups in total. The van der Waals surface area contributed by atoms with Gasteiger partial charge in [0.2, 0.25) is 5.82 Å². The molecule has 0 unspecified atom stereocenters. The van der Waals surface area contributed by atoms with Crippen molar-refractivity contribution < 1.29 is 4.42 Å². The molecule has 0 radical (unpaired) electrons. The fourth-order valence-electron chi connectivity index (χ4n) is 2.82. The maximum absolute atomic E-state index is 5.78. The van der Waals surface area contributed by atoms with E-state index in [1.165, 1.54) is 0 Å². The number of hydrogen-bond donors (Lipinski definition) is 1. The lowest BCUT2D eigenvalue weighted by Gasteiger charge is -2.31. The quantitative estimate of drug-likeness (QED) is 0.763. The van der Waals surface area contributed by atoms with Crippen molar-refractivity contribution in [1.29, 1.82) is 0 Å². The van der Waals surface area contributed by atoms with E-state index in [-0.39, 0.29) is 0 Å². The van der Waals surface area contributed by atoms with Crippen LogP contribution in [0.5, 0.6) is 0 Å². The molecule has 0 aliphatic carbocycles. The van der Waals surface area contributed by atoms with Crippen molar-refractivity contribution in [1.82, 2.24) is 40.3 Å². The summed E-state index contributed by atoms with van der Waals surface area (Å²) in [6.07, 6.45) is 5.53. The van der Waals surface area contributed by atoms with Gasteiger partial charge in [0.15, 0.2) is 5.76 Å². The number of H-pyrrole nitrogens is 1. The minimum atomic E-state index is 0.449. The Hall–Kier alpha value is -2.55. The van der Waals surface area contributed by atoms with E-state index in [0.717, 1.165) is 38.2 Å². The van der Waals surface area contributed by atoms with Crippen LogP contribution in [-0.4, -0.2) is 53.4 Å². The highest BCUT2D eigenvalue weighted by Crippen LogP contribution is 2.24. The average Bonchev–Trinajstić information content (AvgIpc) is 3.30. The molecule has 1 saturated heterocycles. The van der Waals surface area contributed by atoms with Gasteiger partial charge in [0, 0.05) is 13.1 Å². The van der Waals surface area contributed by atoms with E-state index in [4.69, 9.17) is 4.42 Å². The molecule has 3 aromatic rings. The van der Waals surface area contributed by atoms with Crippen LogP contribution in [0.1, 0.15) is 24.6 Å². The second kappa shape index (κ2) is 5.68. The van der Waals surface area contributed by atoms with Crippen molar-refractivity contribution >= 4 is 0 Å². The summed E-state index contributed by atoms with van der Waals surface area (Å²) in [7, 11) is 0. The topological polar surface area (TPSA) is 102 Å². The molecule has 9 heteroatoms. The van der Waals surface area contributed by atoms with E-state index in [2.05, 4.69) is 35.6 Å². The molecular weight excluding hydrogens is 284 g/mol. The van der Waals surface area contributed by atoms with Crippen molar-refractivity contribution in [3.8, 4) is 11.6 Å². The third-order valence-electron chi connectivity index (χ3n) is 3.97. The number of likely N-dealkylation sites (tertiary alicyclic amines) is 1. The summed E-state index contributed by atoms with van der Waals surface area (Å²) in [6, 6.07) is 4.29. The molecule has 1 fully saturated rings. The number of rotatable bonds is 4. The predicted molar refractivity (Wildman–Crippen MR) is 75.4 cm³/mol. The normalized spacial score (nSPS) is 17.1. The zero-order chi connectivity index (χ0) is 14.8. The van der Waals surface area contributed by atoms with Crippen LogP contribution in [0.25, 0.3) is 11.6 Å². The Morgan fingerprint density at radius 1 is 1.27 bits per heavy atom. The van der Waals surface area contributed by atoms with Gasteiger partial charge in [0.05, 0.1) is 12.6 Å². The molecule has 0 aromatic carbocycles. The summed E-state index contributed by atoms with van der Waals surface area (Å²) < 4.78 is 7.73. The number of aromatic nitrogens is 7. The van der Waals surface area contributed by atoms with E-state index >= 15 is 0 Å². The van der Waals surface area contributed by atoms with E-state index < -0.39 is 0 Å². The molecule has 0 atom stereocenters. The lowest BCUT2D eigenvalue weighted by Crippen LogP contribution is -2.34. The van der Waals surface area contributed by atoms with E-state index in [0.29, 0.717) is 17.6 Å². The average molecular weight is 300 g/mol. The van der Waals surface area contributed by atoms with Crippen LogP contribution in [0.4, 0.5) is 0 Å². The van der Waals surface area contributed by atoms with Crippen LogP contribution in [-0.2, 0) is 6.54 Å². The van der Waals surface area contributed by atoms with Gasteiger partial charge >= 0.3 is 0 Å². The minimum Gasteiger partial charge on any atom is -0.456 e. The van der Waals surface area contributed by atoms with Gasteiger partial charge in [-0.1, -0.05) is 0 Å². The molecule has 9 nitrogen and oxygen atoms in total. The second-order valence-electron chi connectivity index (χ2n) is 5.38. The number of hydrogen-bond acceptors (Lipinski definition) is 7. The Morgan fingerprint density at radius 3 is 2.91 bits per heavy atom. The smallest absolute Gasteiger partial charge is 0.239 e. The molecule has 0 amide bonds. The van der Waals surface area contributed by atoms with E-state index in [1.807, 2.05) is 16.8 Å². The molecule has 0 bridgehead atoms. The summed E-state index contributed by atoms with van der Waals surface area (Å²) in [6.45, 7) is 2.83. The van der Waals surface area contributed by atoms with Crippen molar-refractivity contribution in [2.75, 3.05) is 13.1 Å². The molecule has 114 valence electrons. The van der Waals surface area contributed by atoms with Crippen LogP contribution in [0.3, 0.4) is 0 Å². The van der Waals surface area contributed by atoms with Crippen LogP contribution in [0.15, 0.2) is 29.2 Å². The Morgan fingerprint density at radius 2 is 2.18 bits per heavy atom. The van der Waals surface area contributed by atoms with E-state index in [1.54, 1.807) is 12.7 Å². The number of nitrogens with one attached hydrogen (secondary N) is 1. The number of nitrogens with zero attached hydrogens (tertiary/aromatic N) is 7. The van der Waals surface area contributed by atoms with Gasteiger partial charge in [-0.05, 0) is 30.2 Å². The highest BCUT2D eigenvalue weighted by Gasteiger charge is 2.22. The highest BCUT2D eigenvalue weighted by molar-refractivity contribution is 5.45. The zero-order valence-corrected chi connectivity index (χ0v) is 12.0. The molecule has 1 aliphatic rings. The molecule has 4 rings (SSSR count). The first-order valence-electron chi connectivity index (χ1n) is 7.27. The number of tetrazole rings is 1. The van der Waals surface area contributed by atoms with Gasteiger partial charge in [-0.3, -0.25) is 4.90 Å². The van der Waals surface area contributed by atoms with Gasteiger partial charge in [0.25, 0.3) is 0 Å². The second-order valence-corrected chi connectivity index (χ2v) is 5.38. The summed E-state index contributed by atoms with van der Waals surface area (Å²) in [4.78, 5) is 6.40. The molecule has 0 spiro atoms. The molecule has 22 heavy (non-hydrogen) atoms. The largest absolute Gasteiger partial charge is 0.456 e. The van der Waals surface area contributed by atoms with Gasteiger partial charge < -0.3 is 4.42 Å². The fourth-order valence-corrected chi connectivity index (χ4v) is 2.82. The van der Waals surface area contributed by atoms with Crippen LogP contribution >= 0.6 is 0 Å². The lowest BCUT2D eigenvalue weighted by molar-refractivity contribution is 0.163. The third kappa shape index (κ3) is 2.62. The van der Waals surface area contributed by atoms with E-state index in [9.17, 15) is 0 Å². The Balaban J connectivity index is 1.35. The number of aromatic amines is 1. The van der Waals surface area contributed by atoms with Gasteiger partial charge in [-0.2, -0.15) is 10.3 Å². The third-order valence-corrected chi connectivity index (χ3v) is 3.97. The summed E-state index contributed by atoms with van der Waals surface area (Å²) >= 11 is 0. The van der Waals surface area contributed by atoms with Crippen LogP contribution in [0.2, 0.25) is 0 Å². The molecule has 0 saturated carbocycles. The predicted octanol–water partition coefficient (Wildman–Crippen LogP) is 0.888. The summed E-state index contributed by atoms with van der Waals surface area (Å²) in [5, 5.41) is 18.0. The van der Waals surface area contributed by atoms with Crippen molar-refractivity contribution in [2.24, 2.45) is 0 Å². The van der Waals surface area contributed by atoms with Crippen LogP contribution in [0, 0.1) is 0 Å². The summed E-state index contributed by atoms with van der Waals surface area (Å²) in [5.74, 6) is 2.04. The highest BCUT2D eigenvalue weighted by atomic mass is 16.3. The standard InChI is InChI=1S/C13H16N8O/c1-2-12(13-16-18-19-17-13)22-11(1)7-20-5-3-10(4-6-20)21-9-14-8-15-21/h1-2,8-10H,3-7H2,(H,16,17,18,19). The number of furan rings is 1. The van der Waals surface area contributed by atoms with Crippen LogP contribution < -0.4 is 0 Å². The first-order chi connectivity index (χ1) is 10.9. The van der Waals surface area contributed by atoms with Crippen molar-refractivity contribution in [3.05, 3.63) is 30.5 Å². The minimum absolute atomic E-state index is 0.449. The molecular formula is C13H16N8O. The lowest BCUT2D eigenvalue weighted by atomic mass is 10.1. The Labute approximate surface area is 126 Å². The first-order valence-corrected chi connectivity index (χ1v) is 7.27. The van der Waals surface area contributed by atoms with Crippen molar-refractivity contribution in [2.45, 2.75) is 25.4 Å². The molecule has 3 aromatic heterocycles. The maximum atomic E-state index is 5.78. The molecule has 4 heterocycles. The summed E-state index contributed by atoms with van der Waals surface area (Å²) in [5.41, 5.74) is 0. The van der Waals surface area contributed by atoms with Crippen molar-refractivity contribution in [3.63, 3.8) is 0 Å². The van der Waals surface area contributed by atoms with Gasteiger partial charge in [0.1, 0.15) is 18.4 Å². The number of piperidine rings is 1. The van der Waals surface area contributed by atoms with Gasteiger partial charge in [-0.25, -0.2) is 9.67 Å². The Bertz CT molecular complexity index is 696. The zero-order valence-electron chi connectivity index (χ0n) is 12.0. The van der Waals surface area contributed by atoms with Gasteiger partial charge in [-0.15, -0.1) is 10.2 Å². The Kier molecular flexibility index (Phi) is 3.39. The molecule has 1 aliphatic heterocycles. The monoisotopic (exact) mass is 300 g/mol. The SMILES string of the molecule is c1ncn(C2CCN(Cc3ccc(-c4nn[nH]n4)o3)CC2)n1. The maximum Gasteiger partial charge on any atom is 0.239 e. The first kappa shape index (κ1) is 13.1.